The Morgan fingerprint density at radius 2 is 0.679 bits per heavy atom. The van der Waals surface area contributed by atoms with Crippen LogP contribution in [0.4, 0.5) is 0 Å². The van der Waals surface area contributed by atoms with Gasteiger partial charge in [0.1, 0.15) is 13.2 Å². The van der Waals surface area contributed by atoms with Crippen molar-refractivity contribution in [2.24, 2.45) is 0 Å². The molecule has 84 heavy (non-hydrogen) atoms. The molecule has 0 aromatic heterocycles. The summed E-state index contributed by atoms with van der Waals surface area (Å²) in [5.41, 5.74) is 0. The standard InChI is InChI=1S/C75H149N2O6P/c1-6-8-10-12-14-16-18-20-22-24-26-28-30-32-34-35-36-37-38-39-40-41-43-45-47-49-51-53-55-57-59-61-63-65-67-69-75(79)76-73(72-83-84(80,81)82-71-70-77(3,4)5)74(78)68-66-64-62-60-58-56-54-52-50-48-46-44-42-33-31-29-27-25-23-21-19-17-15-13-11-9-7-2/h18,20,24,26,73-74,78H,6-17,19,21-23,25,27-72H2,1-5H3,(H-,76,79,80,81)/p+1/b20-18-,26-24-. The number of aliphatic hydroxyl groups is 1. The lowest BCUT2D eigenvalue weighted by atomic mass is 10.0. The van der Waals surface area contributed by atoms with Crippen molar-refractivity contribution in [3.8, 4) is 0 Å². The summed E-state index contributed by atoms with van der Waals surface area (Å²) < 4.78 is 23.9. The van der Waals surface area contributed by atoms with Crippen molar-refractivity contribution in [2.45, 2.75) is 411 Å². The van der Waals surface area contributed by atoms with Crippen LogP contribution in [0.15, 0.2) is 24.3 Å². The van der Waals surface area contributed by atoms with Crippen LogP contribution in [-0.4, -0.2) is 73.4 Å². The molecule has 0 saturated heterocycles. The fraction of sp³-hybridized carbons (Fsp3) is 0.933. The molecule has 3 N–H and O–H groups in total. The van der Waals surface area contributed by atoms with Gasteiger partial charge in [0.05, 0.1) is 39.9 Å². The number of allylic oxidation sites excluding steroid dienone is 4. The molecular weight excluding hydrogens is 1060 g/mol. The molecule has 0 spiro atoms. The number of carbonyl (C=O) groups is 1. The summed E-state index contributed by atoms with van der Waals surface area (Å²) in [5, 5.41) is 14.2. The summed E-state index contributed by atoms with van der Waals surface area (Å²) in [7, 11) is 1.64. The quantitative estimate of drug-likeness (QED) is 0.0243. The summed E-state index contributed by atoms with van der Waals surface area (Å²) in [6.07, 6.45) is 87.3. The molecule has 0 rings (SSSR count). The van der Waals surface area contributed by atoms with Crippen LogP contribution in [0.1, 0.15) is 399 Å². The zero-order valence-electron chi connectivity index (χ0n) is 57.4. The molecule has 500 valence electrons. The van der Waals surface area contributed by atoms with Gasteiger partial charge in [0, 0.05) is 6.42 Å². The van der Waals surface area contributed by atoms with Crippen LogP contribution in [0.3, 0.4) is 0 Å². The zero-order chi connectivity index (χ0) is 61.2. The molecule has 3 atom stereocenters. The molecule has 0 aliphatic carbocycles. The first-order valence-electron chi connectivity index (χ1n) is 37.7. The maximum absolute atomic E-state index is 13.1. The lowest BCUT2D eigenvalue weighted by Gasteiger charge is -2.26. The Balaban J connectivity index is 3.94. The van der Waals surface area contributed by atoms with E-state index in [4.69, 9.17) is 9.05 Å². The highest BCUT2D eigenvalue weighted by atomic mass is 31.2. The first kappa shape index (κ1) is 83.0. The molecule has 0 aliphatic rings. The average molecular weight is 1210 g/mol. The number of aliphatic hydroxyl groups excluding tert-OH is 1. The predicted molar refractivity (Wildman–Crippen MR) is 369 cm³/mol. The van der Waals surface area contributed by atoms with Crippen molar-refractivity contribution in [1.82, 2.24) is 5.32 Å². The van der Waals surface area contributed by atoms with E-state index in [-0.39, 0.29) is 19.1 Å². The van der Waals surface area contributed by atoms with Gasteiger partial charge < -0.3 is 19.8 Å². The Kier molecular flexibility index (Phi) is 65.6. The van der Waals surface area contributed by atoms with E-state index in [1.807, 2.05) is 21.1 Å². The van der Waals surface area contributed by atoms with Gasteiger partial charge in [-0.25, -0.2) is 4.57 Å². The minimum Gasteiger partial charge on any atom is -0.391 e. The minimum absolute atomic E-state index is 0.0780. The van der Waals surface area contributed by atoms with E-state index in [0.29, 0.717) is 23.9 Å². The third-order valence-corrected chi connectivity index (χ3v) is 18.7. The number of phosphoric acid groups is 1. The summed E-state index contributed by atoms with van der Waals surface area (Å²) >= 11 is 0. The maximum atomic E-state index is 13.1. The van der Waals surface area contributed by atoms with Crippen LogP contribution in [0.25, 0.3) is 0 Å². The van der Waals surface area contributed by atoms with E-state index in [1.54, 1.807) is 0 Å². The summed E-state index contributed by atoms with van der Waals surface area (Å²) in [4.78, 5) is 23.5. The SMILES string of the molecule is CCCCCCC/C=C\C/C=C\CCCCCCCCCCCCCCCCCCCCCCCCCC(=O)NC(COP(=O)(O)OCC[N+](C)(C)C)C(O)CCCCCCCCCCCCCCCCCCCCCCCCCCCCC. The van der Waals surface area contributed by atoms with E-state index in [0.717, 1.165) is 44.9 Å². The number of unbranched alkanes of at least 4 members (excludes halogenated alkanes) is 54. The van der Waals surface area contributed by atoms with E-state index in [9.17, 15) is 19.4 Å². The van der Waals surface area contributed by atoms with Gasteiger partial charge in [-0.1, -0.05) is 372 Å². The highest BCUT2D eigenvalue weighted by molar-refractivity contribution is 7.47. The molecule has 0 radical (unpaired) electrons. The molecule has 0 heterocycles. The summed E-state index contributed by atoms with van der Waals surface area (Å²) in [5.74, 6) is -0.134. The molecular formula is C75H150N2O6P+. The van der Waals surface area contributed by atoms with Crippen LogP contribution in [-0.2, 0) is 18.4 Å². The van der Waals surface area contributed by atoms with Crippen molar-refractivity contribution < 1.29 is 32.9 Å². The second-order valence-corrected chi connectivity index (χ2v) is 28.8. The van der Waals surface area contributed by atoms with E-state index in [2.05, 4.69) is 43.5 Å². The molecule has 0 bridgehead atoms. The van der Waals surface area contributed by atoms with Gasteiger partial charge >= 0.3 is 7.82 Å². The van der Waals surface area contributed by atoms with Crippen LogP contribution in [0, 0.1) is 0 Å². The highest BCUT2D eigenvalue weighted by Crippen LogP contribution is 2.43. The normalized spacial score (nSPS) is 13.7. The topological polar surface area (TPSA) is 105 Å². The van der Waals surface area contributed by atoms with Crippen molar-refractivity contribution in [1.29, 1.82) is 0 Å². The van der Waals surface area contributed by atoms with Gasteiger partial charge in [-0.2, -0.15) is 0 Å². The molecule has 0 aromatic rings. The van der Waals surface area contributed by atoms with Crippen LogP contribution in [0.2, 0.25) is 0 Å². The number of amides is 1. The van der Waals surface area contributed by atoms with E-state index in [1.165, 1.54) is 327 Å². The van der Waals surface area contributed by atoms with Crippen LogP contribution < -0.4 is 5.32 Å². The molecule has 0 saturated carbocycles. The largest absolute Gasteiger partial charge is 0.472 e. The van der Waals surface area contributed by atoms with Gasteiger partial charge in [0.15, 0.2) is 0 Å². The Bertz CT molecular complexity index is 1420. The molecule has 1 amide bonds. The Morgan fingerprint density at radius 1 is 0.405 bits per heavy atom. The van der Waals surface area contributed by atoms with Gasteiger partial charge in [-0.3, -0.25) is 13.8 Å². The van der Waals surface area contributed by atoms with Crippen molar-refractivity contribution in [3.63, 3.8) is 0 Å². The third kappa shape index (κ3) is 68.5. The van der Waals surface area contributed by atoms with E-state index >= 15 is 0 Å². The molecule has 0 fully saturated rings. The summed E-state index contributed by atoms with van der Waals surface area (Å²) in [6, 6.07) is -0.759. The number of likely N-dealkylation sites (N-methyl/N-ethyl adjacent to an activating group) is 1. The molecule has 0 aliphatic heterocycles. The lowest BCUT2D eigenvalue weighted by molar-refractivity contribution is -0.870. The van der Waals surface area contributed by atoms with Gasteiger partial charge in [-0.15, -0.1) is 0 Å². The lowest BCUT2D eigenvalue weighted by Crippen LogP contribution is -2.46. The zero-order valence-corrected chi connectivity index (χ0v) is 58.3. The molecule has 8 nitrogen and oxygen atoms in total. The highest BCUT2D eigenvalue weighted by Gasteiger charge is 2.28. The number of nitrogens with one attached hydrogen (secondary N) is 1. The number of nitrogens with zero attached hydrogens (tertiary/aromatic N) is 1. The number of carbonyl (C=O) groups excluding carboxylic acids is 1. The maximum Gasteiger partial charge on any atom is 0.472 e. The average Bonchev–Trinajstić information content (AvgIpc) is 3.56. The van der Waals surface area contributed by atoms with Gasteiger partial charge in [-0.05, 0) is 44.9 Å². The fourth-order valence-corrected chi connectivity index (χ4v) is 12.6. The molecule has 9 heteroatoms. The Morgan fingerprint density at radius 3 is 0.976 bits per heavy atom. The second-order valence-electron chi connectivity index (χ2n) is 27.4. The van der Waals surface area contributed by atoms with Crippen molar-refractivity contribution in [2.75, 3.05) is 40.9 Å². The number of hydrogen-bond donors (Lipinski definition) is 3. The van der Waals surface area contributed by atoms with Gasteiger partial charge in [0.25, 0.3) is 0 Å². The smallest absolute Gasteiger partial charge is 0.391 e. The third-order valence-electron chi connectivity index (χ3n) is 17.7. The number of phosphoric ester groups is 1. The Hall–Kier alpha value is -1.02. The van der Waals surface area contributed by atoms with Crippen molar-refractivity contribution >= 4 is 13.7 Å². The minimum atomic E-state index is -4.33. The number of hydrogen-bond acceptors (Lipinski definition) is 5. The fourth-order valence-electron chi connectivity index (χ4n) is 11.8. The van der Waals surface area contributed by atoms with Crippen molar-refractivity contribution in [3.05, 3.63) is 24.3 Å². The second kappa shape index (κ2) is 66.4. The predicted octanol–water partition coefficient (Wildman–Crippen LogP) is 24.2. The van der Waals surface area contributed by atoms with Crippen LogP contribution in [0.5, 0.6) is 0 Å². The monoisotopic (exact) mass is 1210 g/mol. The number of rotatable bonds is 71. The Labute approximate surface area is 525 Å². The first-order valence-corrected chi connectivity index (χ1v) is 39.2. The number of quaternary nitrogens is 1. The molecule has 0 aromatic carbocycles. The first-order chi connectivity index (χ1) is 41.0. The summed E-state index contributed by atoms with van der Waals surface area (Å²) in [6.45, 7) is 4.95. The van der Waals surface area contributed by atoms with Crippen LogP contribution >= 0.6 is 7.82 Å². The van der Waals surface area contributed by atoms with E-state index < -0.39 is 20.0 Å². The molecule has 3 unspecified atom stereocenters. The van der Waals surface area contributed by atoms with Gasteiger partial charge in [0.2, 0.25) is 5.91 Å².